The van der Waals surface area contributed by atoms with Crippen molar-refractivity contribution in [3.05, 3.63) is 57.8 Å². The standard InChI is InChI=1S/C25H28N2O3S/c28-19(20-7-3-14-31-20)10-11-23(29)26-21-15-22(25(21)12-4-13-25)27-24(30)18-9-8-16-5-1-2-6-17(16)18/h1-3,5-7,14,18,21-22H,4,8-13,15H2,(H,26,29)(H,27,30)/t18-,21?,22?/m1/s1. The Kier molecular flexibility index (Phi) is 5.42. The molecule has 2 amide bonds. The first-order valence-electron chi connectivity index (χ1n) is 11.3. The number of carbonyl (C=O) groups excluding carboxylic acids is 3. The molecule has 3 atom stereocenters. The Bertz CT molecular complexity index is 996. The van der Waals surface area contributed by atoms with E-state index in [1.165, 1.54) is 22.5 Å². The maximum atomic E-state index is 13.0. The molecule has 0 bridgehead atoms. The minimum absolute atomic E-state index is 0.00119. The Labute approximate surface area is 186 Å². The van der Waals surface area contributed by atoms with Crippen LogP contribution in [-0.2, 0) is 16.0 Å². The van der Waals surface area contributed by atoms with Crippen LogP contribution in [0.5, 0.6) is 0 Å². The van der Waals surface area contributed by atoms with Gasteiger partial charge in [-0.1, -0.05) is 36.8 Å². The minimum atomic E-state index is -0.0596. The average Bonchev–Trinajstić information content (AvgIpc) is 3.39. The Hall–Kier alpha value is -2.47. The van der Waals surface area contributed by atoms with Gasteiger partial charge in [0.05, 0.1) is 10.8 Å². The molecule has 1 spiro atoms. The molecule has 2 N–H and O–H groups in total. The number of fused-ring (bicyclic) bond motifs is 1. The van der Waals surface area contributed by atoms with E-state index in [0.29, 0.717) is 4.88 Å². The molecule has 0 radical (unpaired) electrons. The molecule has 2 fully saturated rings. The lowest BCUT2D eigenvalue weighted by Crippen LogP contribution is -2.71. The molecule has 2 saturated carbocycles. The Morgan fingerprint density at radius 1 is 1.00 bits per heavy atom. The van der Waals surface area contributed by atoms with Crippen LogP contribution >= 0.6 is 11.3 Å². The van der Waals surface area contributed by atoms with E-state index in [2.05, 4.69) is 22.8 Å². The SMILES string of the molecule is O=C(CCC(=O)c1cccs1)NC1CC(NC(=O)[C@@H]2CCc3ccccc32)C12CCC2. The zero-order chi connectivity index (χ0) is 21.4. The summed E-state index contributed by atoms with van der Waals surface area (Å²) in [6.45, 7) is 0. The number of hydrogen-bond acceptors (Lipinski definition) is 4. The Morgan fingerprint density at radius 2 is 1.81 bits per heavy atom. The summed E-state index contributed by atoms with van der Waals surface area (Å²) in [7, 11) is 0. The van der Waals surface area contributed by atoms with E-state index in [0.717, 1.165) is 38.5 Å². The molecule has 3 aliphatic rings. The van der Waals surface area contributed by atoms with Gasteiger partial charge in [0.2, 0.25) is 11.8 Å². The third kappa shape index (κ3) is 3.71. The highest BCUT2D eigenvalue weighted by atomic mass is 32.1. The predicted molar refractivity (Wildman–Crippen MR) is 120 cm³/mol. The molecule has 5 rings (SSSR count). The number of thiophene rings is 1. The van der Waals surface area contributed by atoms with Crippen LogP contribution in [0.1, 0.15) is 71.7 Å². The fourth-order valence-corrected chi connectivity index (χ4v) is 6.32. The van der Waals surface area contributed by atoms with Gasteiger partial charge in [-0.25, -0.2) is 0 Å². The lowest BCUT2D eigenvalue weighted by Gasteiger charge is -2.61. The largest absolute Gasteiger partial charge is 0.353 e. The van der Waals surface area contributed by atoms with Gasteiger partial charge in [0.1, 0.15) is 0 Å². The number of amides is 2. The van der Waals surface area contributed by atoms with E-state index >= 15 is 0 Å². The number of nitrogens with one attached hydrogen (secondary N) is 2. The highest BCUT2D eigenvalue weighted by molar-refractivity contribution is 7.12. The van der Waals surface area contributed by atoms with Gasteiger partial charge < -0.3 is 10.6 Å². The van der Waals surface area contributed by atoms with Crippen molar-refractivity contribution in [1.29, 1.82) is 0 Å². The lowest BCUT2D eigenvalue weighted by atomic mass is 9.49. The summed E-state index contributed by atoms with van der Waals surface area (Å²) in [5, 5.41) is 8.36. The second kappa shape index (κ2) is 8.23. The summed E-state index contributed by atoms with van der Waals surface area (Å²) in [4.78, 5) is 38.4. The topological polar surface area (TPSA) is 75.3 Å². The molecule has 6 heteroatoms. The van der Waals surface area contributed by atoms with Gasteiger partial charge in [-0.15, -0.1) is 11.3 Å². The fraction of sp³-hybridized carbons (Fsp3) is 0.480. The van der Waals surface area contributed by atoms with Crippen LogP contribution in [0, 0.1) is 5.41 Å². The zero-order valence-electron chi connectivity index (χ0n) is 17.6. The second-order valence-corrected chi connectivity index (χ2v) is 10.1. The number of benzene rings is 1. The van der Waals surface area contributed by atoms with Gasteiger partial charge in [0.15, 0.2) is 5.78 Å². The van der Waals surface area contributed by atoms with Crippen LogP contribution in [0.25, 0.3) is 0 Å². The third-order valence-corrected chi connectivity index (χ3v) is 8.53. The molecule has 0 saturated heterocycles. The number of Topliss-reactive ketones (excluding diaryl/α,β-unsaturated/α-hetero) is 1. The van der Waals surface area contributed by atoms with Gasteiger partial charge >= 0.3 is 0 Å². The smallest absolute Gasteiger partial charge is 0.227 e. The Morgan fingerprint density at radius 3 is 2.55 bits per heavy atom. The maximum Gasteiger partial charge on any atom is 0.227 e. The monoisotopic (exact) mass is 436 g/mol. The van der Waals surface area contributed by atoms with E-state index in [1.54, 1.807) is 6.07 Å². The van der Waals surface area contributed by atoms with Crippen molar-refractivity contribution in [3.63, 3.8) is 0 Å². The van der Waals surface area contributed by atoms with E-state index in [9.17, 15) is 14.4 Å². The van der Waals surface area contributed by atoms with Crippen molar-refractivity contribution in [2.75, 3.05) is 0 Å². The second-order valence-electron chi connectivity index (χ2n) is 9.19. The van der Waals surface area contributed by atoms with Gasteiger partial charge in [-0.2, -0.15) is 0 Å². The van der Waals surface area contributed by atoms with E-state index in [1.807, 2.05) is 23.6 Å². The third-order valence-electron chi connectivity index (χ3n) is 7.62. The van der Waals surface area contributed by atoms with Crippen LogP contribution in [-0.4, -0.2) is 29.7 Å². The molecule has 5 nitrogen and oxygen atoms in total. The summed E-state index contributed by atoms with van der Waals surface area (Å²) in [5.74, 6) is 0.0487. The number of rotatable bonds is 7. The number of ketones is 1. The number of hydrogen-bond donors (Lipinski definition) is 2. The van der Waals surface area contributed by atoms with Crippen LogP contribution in [0.3, 0.4) is 0 Å². The normalized spacial score (nSPS) is 25.2. The molecule has 0 aliphatic heterocycles. The summed E-state index contributed by atoms with van der Waals surface area (Å²) in [5.41, 5.74) is 2.46. The summed E-state index contributed by atoms with van der Waals surface area (Å²) < 4.78 is 0. The first-order chi connectivity index (χ1) is 15.1. The average molecular weight is 437 g/mol. The summed E-state index contributed by atoms with van der Waals surface area (Å²) >= 11 is 1.42. The number of carbonyl (C=O) groups is 3. The predicted octanol–water partition coefficient (Wildman–Crippen LogP) is 3.98. The Balaban J connectivity index is 1.14. The van der Waals surface area contributed by atoms with Gasteiger partial charge in [0, 0.05) is 30.3 Å². The van der Waals surface area contributed by atoms with Gasteiger partial charge in [-0.05, 0) is 54.7 Å². The number of aryl methyl sites for hydroxylation is 1. The molecule has 162 valence electrons. The van der Waals surface area contributed by atoms with Crippen LogP contribution in [0.15, 0.2) is 41.8 Å². The molecule has 2 aromatic rings. The molecule has 1 aromatic carbocycles. The van der Waals surface area contributed by atoms with Crippen molar-refractivity contribution in [3.8, 4) is 0 Å². The molecule has 1 heterocycles. The summed E-state index contributed by atoms with van der Waals surface area (Å²) in [6, 6.07) is 12.1. The molecule has 31 heavy (non-hydrogen) atoms. The van der Waals surface area contributed by atoms with E-state index in [4.69, 9.17) is 0 Å². The highest BCUT2D eigenvalue weighted by Gasteiger charge is 2.59. The first-order valence-corrected chi connectivity index (χ1v) is 12.2. The summed E-state index contributed by atoms with van der Waals surface area (Å²) in [6.07, 6.45) is 6.31. The van der Waals surface area contributed by atoms with Gasteiger partial charge in [0.25, 0.3) is 0 Å². The molecular weight excluding hydrogens is 408 g/mol. The minimum Gasteiger partial charge on any atom is -0.353 e. The van der Waals surface area contributed by atoms with Crippen LogP contribution < -0.4 is 10.6 Å². The van der Waals surface area contributed by atoms with Crippen molar-refractivity contribution in [1.82, 2.24) is 10.6 Å². The molecule has 1 aromatic heterocycles. The maximum absolute atomic E-state index is 13.0. The van der Waals surface area contributed by atoms with Crippen molar-refractivity contribution < 1.29 is 14.4 Å². The lowest BCUT2D eigenvalue weighted by molar-refractivity contribution is -0.134. The van der Waals surface area contributed by atoms with E-state index in [-0.39, 0.29) is 53.9 Å². The molecule has 2 unspecified atom stereocenters. The highest BCUT2D eigenvalue weighted by Crippen LogP contribution is 2.56. The van der Waals surface area contributed by atoms with Crippen molar-refractivity contribution >= 4 is 28.9 Å². The van der Waals surface area contributed by atoms with Crippen molar-refractivity contribution in [2.24, 2.45) is 5.41 Å². The zero-order valence-corrected chi connectivity index (χ0v) is 18.4. The fourth-order valence-electron chi connectivity index (χ4n) is 5.63. The molecule has 3 aliphatic carbocycles. The van der Waals surface area contributed by atoms with Crippen molar-refractivity contribution in [2.45, 2.75) is 69.4 Å². The molecular formula is C25H28N2O3S. The van der Waals surface area contributed by atoms with E-state index < -0.39 is 0 Å². The van der Waals surface area contributed by atoms with Crippen LogP contribution in [0.4, 0.5) is 0 Å². The first kappa shape index (κ1) is 20.4. The quantitative estimate of drug-likeness (QED) is 0.645. The van der Waals surface area contributed by atoms with Crippen LogP contribution in [0.2, 0.25) is 0 Å². The van der Waals surface area contributed by atoms with Gasteiger partial charge in [-0.3, -0.25) is 14.4 Å².